The van der Waals surface area contributed by atoms with Gasteiger partial charge in [0, 0.05) is 10.5 Å². The Labute approximate surface area is 159 Å². The van der Waals surface area contributed by atoms with E-state index >= 15 is 0 Å². The molecule has 0 aliphatic carbocycles. The van der Waals surface area contributed by atoms with Gasteiger partial charge in [-0.15, -0.1) is 0 Å². The Morgan fingerprint density at radius 2 is 1.96 bits per heavy atom. The molecule has 0 saturated heterocycles. The zero-order valence-corrected chi connectivity index (χ0v) is 15.9. The Morgan fingerprint density at radius 1 is 1.23 bits per heavy atom. The monoisotopic (exact) mass is 416 g/mol. The van der Waals surface area contributed by atoms with E-state index in [1.807, 2.05) is 24.3 Å². The number of carbonyl (C=O) groups is 2. The van der Waals surface area contributed by atoms with Gasteiger partial charge in [-0.05, 0) is 49.8 Å². The van der Waals surface area contributed by atoms with E-state index in [-0.39, 0.29) is 11.5 Å². The summed E-state index contributed by atoms with van der Waals surface area (Å²) in [6, 6.07) is 12.4. The van der Waals surface area contributed by atoms with Crippen LogP contribution in [0.15, 0.2) is 52.7 Å². The molecule has 26 heavy (non-hydrogen) atoms. The van der Waals surface area contributed by atoms with Crippen LogP contribution in [0, 0.1) is 0 Å². The van der Waals surface area contributed by atoms with Crippen molar-refractivity contribution in [2.45, 2.75) is 20.0 Å². The average Bonchev–Trinajstić information content (AvgIpc) is 2.92. The van der Waals surface area contributed by atoms with Gasteiger partial charge in [0.2, 0.25) is 5.78 Å². The van der Waals surface area contributed by atoms with E-state index < -0.39 is 12.1 Å². The van der Waals surface area contributed by atoms with Gasteiger partial charge in [-0.2, -0.15) is 0 Å². The minimum atomic E-state index is -0.747. The van der Waals surface area contributed by atoms with Crippen molar-refractivity contribution in [1.82, 2.24) is 0 Å². The Kier molecular flexibility index (Phi) is 5.42. The van der Waals surface area contributed by atoms with Crippen molar-refractivity contribution in [2.75, 3.05) is 6.61 Å². The lowest BCUT2D eigenvalue weighted by atomic mass is 10.1. The van der Waals surface area contributed by atoms with Gasteiger partial charge >= 0.3 is 5.97 Å². The molecular formula is C20H17BrO5. The van der Waals surface area contributed by atoms with Gasteiger partial charge < -0.3 is 14.2 Å². The smallest absolute Gasteiger partial charge is 0.347 e. The van der Waals surface area contributed by atoms with Crippen LogP contribution in [0.1, 0.15) is 29.8 Å². The van der Waals surface area contributed by atoms with Crippen molar-refractivity contribution in [3.05, 3.63) is 63.8 Å². The molecule has 1 aliphatic heterocycles. The lowest BCUT2D eigenvalue weighted by Crippen LogP contribution is -2.26. The SMILES string of the molecule is CCOC(=O)[C@H](C)Oc1ccc2c(c1)O/C(=C\c1ccc(Br)cc1)C2=O. The Morgan fingerprint density at radius 3 is 2.65 bits per heavy atom. The number of carbonyl (C=O) groups excluding carboxylic acids is 2. The fourth-order valence-electron chi connectivity index (χ4n) is 2.46. The second-order valence-corrected chi connectivity index (χ2v) is 6.58. The first-order valence-electron chi connectivity index (χ1n) is 8.15. The molecule has 0 spiro atoms. The number of fused-ring (bicyclic) bond motifs is 1. The van der Waals surface area contributed by atoms with Crippen LogP contribution in [0.4, 0.5) is 0 Å². The molecule has 134 valence electrons. The molecule has 1 aliphatic rings. The molecule has 5 nitrogen and oxygen atoms in total. The van der Waals surface area contributed by atoms with Gasteiger partial charge in [-0.25, -0.2) is 4.79 Å². The number of Topliss-reactive ketones (excluding diaryl/α,β-unsaturated/α-hetero) is 1. The molecule has 0 aromatic heterocycles. The Balaban J connectivity index is 1.77. The quantitative estimate of drug-likeness (QED) is 0.533. The van der Waals surface area contributed by atoms with Crippen molar-refractivity contribution in [1.29, 1.82) is 0 Å². The summed E-state index contributed by atoms with van der Waals surface area (Å²) in [5.41, 5.74) is 1.32. The normalized spacial score (nSPS) is 15.3. The van der Waals surface area contributed by atoms with E-state index in [9.17, 15) is 9.59 Å². The Hall–Kier alpha value is -2.60. The van der Waals surface area contributed by atoms with E-state index in [1.165, 1.54) is 0 Å². The number of hydrogen-bond donors (Lipinski definition) is 0. The fourth-order valence-corrected chi connectivity index (χ4v) is 2.73. The molecule has 3 rings (SSSR count). The van der Waals surface area contributed by atoms with E-state index in [4.69, 9.17) is 14.2 Å². The van der Waals surface area contributed by atoms with Crippen molar-refractivity contribution in [3.63, 3.8) is 0 Å². The van der Waals surface area contributed by atoms with Gasteiger partial charge in [-0.1, -0.05) is 28.1 Å². The molecule has 0 saturated carbocycles. The summed E-state index contributed by atoms with van der Waals surface area (Å²) in [6.07, 6.45) is 0.944. The molecule has 2 aromatic carbocycles. The standard InChI is InChI=1S/C20H17BrO5/c1-3-24-20(23)12(2)25-15-8-9-16-17(11-15)26-18(19(16)22)10-13-4-6-14(21)7-5-13/h4-12H,3H2,1-2H3/b18-10-/t12-/m0/s1. The molecule has 0 radical (unpaired) electrons. The highest BCUT2D eigenvalue weighted by molar-refractivity contribution is 9.10. The average molecular weight is 417 g/mol. The summed E-state index contributed by atoms with van der Waals surface area (Å²) in [5, 5.41) is 0. The van der Waals surface area contributed by atoms with E-state index in [0.29, 0.717) is 23.7 Å². The topological polar surface area (TPSA) is 61.8 Å². The van der Waals surface area contributed by atoms with E-state index in [2.05, 4.69) is 15.9 Å². The van der Waals surface area contributed by atoms with Crippen LogP contribution in [0.2, 0.25) is 0 Å². The summed E-state index contributed by atoms with van der Waals surface area (Å²) in [6.45, 7) is 3.63. The van der Waals surface area contributed by atoms with E-state index in [0.717, 1.165) is 10.0 Å². The molecule has 6 heteroatoms. The number of benzene rings is 2. The highest BCUT2D eigenvalue weighted by Gasteiger charge is 2.28. The second-order valence-electron chi connectivity index (χ2n) is 5.66. The van der Waals surface area contributed by atoms with Gasteiger partial charge in [0.15, 0.2) is 11.9 Å². The van der Waals surface area contributed by atoms with Crippen molar-refractivity contribution in [2.24, 2.45) is 0 Å². The maximum absolute atomic E-state index is 12.5. The van der Waals surface area contributed by atoms with Crippen LogP contribution in [-0.4, -0.2) is 24.5 Å². The van der Waals surface area contributed by atoms with Gasteiger partial charge in [0.05, 0.1) is 12.2 Å². The minimum Gasteiger partial charge on any atom is -0.479 e. The van der Waals surface area contributed by atoms with Crippen LogP contribution in [-0.2, 0) is 9.53 Å². The first-order chi connectivity index (χ1) is 12.5. The third-order valence-corrected chi connectivity index (χ3v) is 4.27. The van der Waals surface area contributed by atoms with Gasteiger partial charge in [-0.3, -0.25) is 4.79 Å². The van der Waals surface area contributed by atoms with Crippen LogP contribution in [0.5, 0.6) is 11.5 Å². The lowest BCUT2D eigenvalue weighted by molar-refractivity contribution is -0.150. The van der Waals surface area contributed by atoms with Crippen molar-refractivity contribution >= 4 is 33.8 Å². The van der Waals surface area contributed by atoms with Crippen molar-refractivity contribution in [3.8, 4) is 11.5 Å². The maximum atomic E-state index is 12.5. The molecule has 0 unspecified atom stereocenters. The molecule has 2 aromatic rings. The second kappa shape index (κ2) is 7.74. The highest BCUT2D eigenvalue weighted by atomic mass is 79.9. The van der Waals surface area contributed by atoms with Crippen LogP contribution >= 0.6 is 15.9 Å². The fraction of sp³-hybridized carbons (Fsp3) is 0.200. The molecule has 0 bridgehead atoms. The van der Waals surface area contributed by atoms with Crippen LogP contribution in [0.25, 0.3) is 6.08 Å². The Bertz CT molecular complexity index is 870. The van der Waals surface area contributed by atoms with Crippen LogP contribution < -0.4 is 9.47 Å². The third-order valence-electron chi connectivity index (χ3n) is 3.74. The number of halogens is 1. The predicted octanol–water partition coefficient (Wildman–Crippen LogP) is 4.40. The zero-order chi connectivity index (χ0) is 18.7. The molecule has 0 N–H and O–H groups in total. The number of ether oxygens (including phenoxy) is 3. The third kappa shape index (κ3) is 3.96. The number of rotatable bonds is 5. The first kappa shape index (κ1) is 18.2. The first-order valence-corrected chi connectivity index (χ1v) is 8.94. The molecule has 1 heterocycles. The van der Waals surface area contributed by atoms with E-state index in [1.54, 1.807) is 38.1 Å². The van der Waals surface area contributed by atoms with Crippen LogP contribution in [0.3, 0.4) is 0 Å². The summed E-state index contributed by atoms with van der Waals surface area (Å²) < 4.78 is 17.1. The summed E-state index contributed by atoms with van der Waals surface area (Å²) in [7, 11) is 0. The van der Waals surface area contributed by atoms with Crippen molar-refractivity contribution < 1.29 is 23.8 Å². The lowest BCUT2D eigenvalue weighted by Gasteiger charge is -2.13. The number of hydrogen-bond acceptors (Lipinski definition) is 5. The minimum absolute atomic E-state index is 0.187. The number of ketones is 1. The maximum Gasteiger partial charge on any atom is 0.347 e. The highest BCUT2D eigenvalue weighted by Crippen LogP contribution is 2.35. The number of allylic oxidation sites excluding steroid dienone is 1. The number of esters is 1. The van der Waals surface area contributed by atoms with Gasteiger partial charge in [0.25, 0.3) is 0 Å². The summed E-state index contributed by atoms with van der Waals surface area (Å²) in [5.74, 6) is 0.459. The summed E-state index contributed by atoms with van der Waals surface area (Å²) in [4.78, 5) is 24.1. The largest absolute Gasteiger partial charge is 0.479 e. The molecular weight excluding hydrogens is 400 g/mol. The molecule has 1 atom stereocenters. The predicted molar refractivity (Wildman–Crippen MR) is 100 cm³/mol. The molecule has 0 fully saturated rings. The molecule has 0 amide bonds. The summed E-state index contributed by atoms with van der Waals surface area (Å²) >= 11 is 3.37. The zero-order valence-electron chi connectivity index (χ0n) is 14.3. The van der Waals surface area contributed by atoms with Gasteiger partial charge in [0.1, 0.15) is 11.5 Å².